The second-order valence-electron chi connectivity index (χ2n) is 11.6. The molecule has 0 atom stereocenters. The van der Waals surface area contributed by atoms with Crippen LogP contribution in [0.1, 0.15) is 60.0 Å². The molecular formula is C38H32F2N2O2. The van der Waals surface area contributed by atoms with Gasteiger partial charge in [0.1, 0.15) is 11.6 Å². The van der Waals surface area contributed by atoms with E-state index in [9.17, 15) is 19.0 Å². The third kappa shape index (κ3) is 5.47. The fourth-order valence-electron chi connectivity index (χ4n) is 6.14. The Bertz CT molecular complexity index is 1820. The van der Waals surface area contributed by atoms with Crippen molar-refractivity contribution in [3.05, 3.63) is 131 Å². The second kappa shape index (κ2) is 11.9. The number of aliphatic hydroxyl groups is 2. The van der Waals surface area contributed by atoms with Crippen LogP contribution >= 0.6 is 0 Å². The van der Waals surface area contributed by atoms with Gasteiger partial charge in [0.15, 0.2) is 0 Å². The van der Waals surface area contributed by atoms with Crippen molar-refractivity contribution in [1.29, 1.82) is 0 Å². The molecule has 6 aromatic rings. The van der Waals surface area contributed by atoms with Crippen LogP contribution in [0.3, 0.4) is 0 Å². The normalized spacial score (nSPS) is 14.5. The van der Waals surface area contributed by atoms with Crippen molar-refractivity contribution in [3.8, 4) is 22.3 Å². The zero-order valence-corrected chi connectivity index (χ0v) is 24.2. The van der Waals surface area contributed by atoms with Gasteiger partial charge in [-0.1, -0.05) is 60.7 Å². The van der Waals surface area contributed by atoms with E-state index >= 15 is 0 Å². The molecule has 8 rings (SSSR count). The van der Waals surface area contributed by atoms with Crippen molar-refractivity contribution >= 4 is 21.8 Å². The molecule has 4 nitrogen and oxygen atoms in total. The molecule has 2 saturated carbocycles. The summed E-state index contributed by atoms with van der Waals surface area (Å²) in [6.07, 6.45) is 4.50. The molecule has 2 fully saturated rings. The van der Waals surface area contributed by atoms with E-state index < -0.39 is 0 Å². The van der Waals surface area contributed by atoms with Crippen LogP contribution in [0.25, 0.3) is 44.1 Å². The van der Waals surface area contributed by atoms with Gasteiger partial charge >= 0.3 is 0 Å². The summed E-state index contributed by atoms with van der Waals surface area (Å²) in [6, 6.07) is 28.8. The Morgan fingerprint density at radius 2 is 0.886 bits per heavy atom. The van der Waals surface area contributed by atoms with E-state index in [1.807, 2.05) is 48.5 Å². The molecule has 0 bridgehead atoms. The lowest BCUT2D eigenvalue weighted by atomic mass is 9.93. The van der Waals surface area contributed by atoms with Crippen molar-refractivity contribution in [2.75, 3.05) is 0 Å². The first-order valence-electron chi connectivity index (χ1n) is 15.1. The summed E-state index contributed by atoms with van der Waals surface area (Å²) < 4.78 is 26.5. The lowest BCUT2D eigenvalue weighted by Gasteiger charge is -2.16. The van der Waals surface area contributed by atoms with Gasteiger partial charge in [-0.05, 0) is 84.3 Å². The molecular weight excluding hydrogens is 554 g/mol. The van der Waals surface area contributed by atoms with E-state index in [1.165, 1.54) is 24.3 Å². The third-order valence-electron chi connectivity index (χ3n) is 8.56. The Morgan fingerprint density at radius 1 is 0.523 bits per heavy atom. The summed E-state index contributed by atoms with van der Waals surface area (Å²) in [6.45, 7) is -0.0905. The first-order valence-corrected chi connectivity index (χ1v) is 15.1. The van der Waals surface area contributed by atoms with Gasteiger partial charge < -0.3 is 10.2 Å². The molecule has 0 aliphatic heterocycles. The summed E-state index contributed by atoms with van der Waals surface area (Å²) in [5, 5.41) is 21.9. The Balaban J connectivity index is 0.000000142. The number of aromatic nitrogens is 2. The van der Waals surface area contributed by atoms with Gasteiger partial charge in [0, 0.05) is 33.7 Å². The summed E-state index contributed by atoms with van der Waals surface area (Å²) in [4.78, 5) is 9.56. The van der Waals surface area contributed by atoms with E-state index in [-0.39, 0.29) is 24.8 Å². The number of para-hydroxylation sites is 2. The lowest BCUT2D eigenvalue weighted by Crippen LogP contribution is -2.01. The first-order chi connectivity index (χ1) is 21.6. The molecule has 0 saturated heterocycles. The minimum atomic E-state index is -0.255. The van der Waals surface area contributed by atoms with Gasteiger partial charge in [-0.25, -0.2) is 8.78 Å². The first kappa shape index (κ1) is 28.3. The van der Waals surface area contributed by atoms with Gasteiger partial charge in [0.2, 0.25) is 0 Å². The van der Waals surface area contributed by atoms with Gasteiger partial charge in [0.25, 0.3) is 0 Å². The quantitative estimate of drug-likeness (QED) is 0.205. The van der Waals surface area contributed by atoms with E-state index in [0.717, 1.165) is 92.3 Å². The maximum Gasteiger partial charge on any atom is 0.123 e. The standard InChI is InChI=1S/2C19H16FNO/c2*20-14-9-7-12(8-10-14)18-15-3-1-2-4-17(15)21-19(13-5-6-13)16(18)11-22/h2*1-4,7-10,13,22H,5-6,11H2. The fourth-order valence-corrected chi connectivity index (χ4v) is 6.14. The molecule has 2 N–H and O–H groups in total. The summed E-state index contributed by atoms with van der Waals surface area (Å²) in [7, 11) is 0. The predicted octanol–water partition coefficient (Wildman–Crippen LogP) is 8.82. The van der Waals surface area contributed by atoms with Crippen LogP contribution in [0.2, 0.25) is 0 Å². The highest BCUT2D eigenvalue weighted by molar-refractivity contribution is 5.97. The van der Waals surface area contributed by atoms with Gasteiger partial charge in [-0.15, -0.1) is 0 Å². The average molecular weight is 587 g/mol. The topological polar surface area (TPSA) is 66.2 Å². The predicted molar refractivity (Wildman–Crippen MR) is 170 cm³/mol. The second-order valence-corrected chi connectivity index (χ2v) is 11.6. The number of halogens is 2. The number of aliphatic hydroxyl groups excluding tert-OH is 2. The lowest BCUT2D eigenvalue weighted by molar-refractivity contribution is 0.280. The van der Waals surface area contributed by atoms with Crippen LogP contribution in [0.4, 0.5) is 8.78 Å². The highest BCUT2D eigenvalue weighted by Crippen LogP contribution is 2.46. The number of rotatable bonds is 6. The van der Waals surface area contributed by atoms with Crippen molar-refractivity contribution in [2.24, 2.45) is 0 Å². The Morgan fingerprint density at radius 3 is 1.23 bits per heavy atom. The molecule has 0 unspecified atom stereocenters. The molecule has 2 aliphatic carbocycles. The van der Waals surface area contributed by atoms with Gasteiger partial charge in [-0.2, -0.15) is 0 Å². The van der Waals surface area contributed by atoms with Crippen LogP contribution in [-0.4, -0.2) is 20.2 Å². The average Bonchev–Trinajstić information content (AvgIpc) is 3.99. The molecule has 4 aromatic carbocycles. The van der Waals surface area contributed by atoms with Crippen molar-refractivity contribution in [1.82, 2.24) is 9.97 Å². The molecule has 220 valence electrons. The third-order valence-corrected chi connectivity index (χ3v) is 8.56. The number of benzene rings is 4. The maximum absolute atomic E-state index is 13.3. The zero-order valence-electron chi connectivity index (χ0n) is 24.2. The zero-order chi connectivity index (χ0) is 30.2. The molecule has 6 heteroatoms. The minimum Gasteiger partial charge on any atom is -0.392 e. The Labute approximate surface area is 254 Å². The number of nitrogens with zero attached hydrogens (tertiary/aromatic N) is 2. The van der Waals surface area contributed by atoms with E-state index in [0.29, 0.717) is 11.8 Å². The number of fused-ring (bicyclic) bond motifs is 2. The molecule has 0 amide bonds. The Hall–Kier alpha value is -4.52. The van der Waals surface area contributed by atoms with Crippen molar-refractivity contribution in [3.63, 3.8) is 0 Å². The molecule has 2 aromatic heterocycles. The van der Waals surface area contributed by atoms with Crippen molar-refractivity contribution < 1.29 is 19.0 Å². The molecule has 0 radical (unpaired) electrons. The summed E-state index contributed by atoms with van der Waals surface area (Å²) in [5.41, 5.74) is 9.44. The van der Waals surface area contributed by atoms with Gasteiger partial charge in [-0.3, -0.25) is 9.97 Å². The van der Waals surface area contributed by atoms with Crippen LogP contribution in [0.15, 0.2) is 97.1 Å². The van der Waals surface area contributed by atoms with E-state index in [4.69, 9.17) is 9.97 Å². The monoisotopic (exact) mass is 586 g/mol. The largest absolute Gasteiger partial charge is 0.392 e. The molecule has 2 heterocycles. The van der Waals surface area contributed by atoms with Crippen LogP contribution in [0.5, 0.6) is 0 Å². The van der Waals surface area contributed by atoms with Gasteiger partial charge in [0.05, 0.1) is 35.6 Å². The highest BCUT2D eigenvalue weighted by Gasteiger charge is 2.31. The molecule has 0 spiro atoms. The van der Waals surface area contributed by atoms with E-state index in [2.05, 4.69) is 0 Å². The summed E-state index contributed by atoms with van der Waals surface area (Å²) >= 11 is 0. The van der Waals surface area contributed by atoms with E-state index in [1.54, 1.807) is 24.3 Å². The number of hydrogen-bond donors (Lipinski definition) is 2. The minimum absolute atomic E-state index is 0.0453. The molecule has 44 heavy (non-hydrogen) atoms. The molecule has 2 aliphatic rings. The Kier molecular flexibility index (Phi) is 7.62. The fraction of sp³-hybridized carbons (Fsp3) is 0.211. The maximum atomic E-state index is 13.3. The SMILES string of the molecule is OCc1c(C2CC2)nc2ccccc2c1-c1ccc(F)cc1.OCc1c(C2CC2)nc2ccccc2c1-c1ccc(F)cc1. The number of hydrogen-bond acceptors (Lipinski definition) is 4. The highest BCUT2D eigenvalue weighted by atomic mass is 19.1. The van der Waals surface area contributed by atoms with Crippen LogP contribution in [0, 0.1) is 11.6 Å². The summed E-state index contributed by atoms with van der Waals surface area (Å²) in [5.74, 6) is 0.391. The number of pyridine rings is 2. The van der Waals surface area contributed by atoms with Crippen molar-refractivity contribution in [2.45, 2.75) is 50.7 Å². The van der Waals surface area contributed by atoms with Crippen LogP contribution < -0.4 is 0 Å². The smallest absolute Gasteiger partial charge is 0.123 e. The van der Waals surface area contributed by atoms with Crippen LogP contribution in [-0.2, 0) is 13.2 Å².